The van der Waals surface area contributed by atoms with Gasteiger partial charge >= 0.3 is 8.56 Å². The minimum Gasteiger partial charge on any atom is -0.426 e. The highest BCUT2D eigenvalue weighted by Crippen LogP contribution is 2.31. The third-order valence-corrected chi connectivity index (χ3v) is 29.1. The highest BCUT2D eigenvalue weighted by molar-refractivity contribution is 7.09. The maximum Gasteiger partial charge on any atom is 0.318 e. The molecular weight excluding hydrogens is 613 g/mol. The fourth-order valence-corrected chi connectivity index (χ4v) is 26.2. The van der Waals surface area contributed by atoms with E-state index in [9.17, 15) is 0 Å². The fourth-order valence-electron chi connectivity index (χ4n) is 6.54. The summed E-state index contributed by atoms with van der Waals surface area (Å²) in [6.45, 7) is 13.9. The molecule has 0 aliphatic rings. The van der Waals surface area contributed by atoms with Crippen LogP contribution in [0.15, 0.2) is 145 Å². The lowest BCUT2D eigenvalue weighted by Gasteiger charge is -2.45. The summed E-state index contributed by atoms with van der Waals surface area (Å²) in [5.41, 5.74) is 7.62. The van der Waals surface area contributed by atoms with Crippen LogP contribution in [-0.2, 0) is 8.23 Å². The van der Waals surface area contributed by atoms with E-state index in [1.165, 1.54) is 38.9 Å². The van der Waals surface area contributed by atoms with Gasteiger partial charge in [-0.1, -0.05) is 197 Å². The molecule has 0 aliphatic carbocycles. The molecule has 0 atom stereocenters. The Hall–Kier alpha value is -2.85. The number of hydrogen-bond acceptors (Lipinski definition) is 2. The Balaban J connectivity index is 2.02. The Labute approximate surface area is 277 Å². The second-order valence-electron chi connectivity index (χ2n) is 12.0. The molecular formula is C39H52O2Si4. The van der Waals surface area contributed by atoms with Crippen molar-refractivity contribution >= 4 is 54.0 Å². The van der Waals surface area contributed by atoms with Gasteiger partial charge in [0.15, 0.2) is 0 Å². The first-order valence-electron chi connectivity index (χ1n) is 16.9. The van der Waals surface area contributed by atoms with Crippen LogP contribution < -0.4 is 20.7 Å². The molecule has 0 bridgehead atoms. The summed E-state index contributed by atoms with van der Waals surface area (Å²) in [5, 5.41) is 5.10. The zero-order valence-electron chi connectivity index (χ0n) is 28.2. The molecule has 2 nitrogen and oxygen atoms in total. The topological polar surface area (TPSA) is 18.5 Å². The van der Waals surface area contributed by atoms with Crippen molar-refractivity contribution in [2.45, 2.75) is 71.8 Å². The van der Waals surface area contributed by atoms with Crippen molar-refractivity contribution in [3.8, 4) is 0 Å². The highest BCUT2D eigenvalue weighted by atomic mass is 28.5. The minimum atomic E-state index is -2.92. The van der Waals surface area contributed by atoms with Crippen molar-refractivity contribution in [3.05, 3.63) is 145 Å². The third kappa shape index (κ3) is 7.59. The Kier molecular flexibility index (Phi) is 12.5. The molecule has 0 radical (unpaired) electrons. The predicted molar refractivity (Wildman–Crippen MR) is 206 cm³/mol. The monoisotopic (exact) mass is 664 g/mol. The van der Waals surface area contributed by atoms with Crippen molar-refractivity contribution < 1.29 is 8.23 Å². The van der Waals surface area contributed by atoms with Crippen molar-refractivity contribution in [1.29, 1.82) is 0 Å². The van der Waals surface area contributed by atoms with E-state index in [0.717, 1.165) is 12.1 Å². The average Bonchev–Trinajstić information content (AvgIpc) is 3.12. The molecule has 45 heavy (non-hydrogen) atoms. The van der Waals surface area contributed by atoms with Crippen LogP contribution in [0.4, 0.5) is 0 Å². The minimum absolute atomic E-state index is 0.871. The van der Waals surface area contributed by atoms with Crippen LogP contribution in [0.25, 0.3) is 0 Å². The number of hydrogen-bond donors (Lipinski definition) is 0. The van der Waals surface area contributed by atoms with E-state index in [1.54, 1.807) is 0 Å². The van der Waals surface area contributed by atoms with Gasteiger partial charge in [0.2, 0.25) is 0 Å². The van der Waals surface area contributed by atoms with E-state index in [-0.39, 0.29) is 0 Å². The van der Waals surface area contributed by atoms with Gasteiger partial charge in [-0.05, 0) is 39.8 Å². The molecule has 4 rings (SSSR count). The van der Waals surface area contributed by atoms with Crippen molar-refractivity contribution in [2.24, 2.45) is 0 Å². The van der Waals surface area contributed by atoms with Gasteiger partial charge in [0.05, 0.1) is 8.07 Å². The first-order valence-corrected chi connectivity index (χ1v) is 25.8. The molecule has 4 aromatic rings. The summed E-state index contributed by atoms with van der Waals surface area (Å²) in [5.74, 6) is 0. The van der Waals surface area contributed by atoms with Gasteiger partial charge < -0.3 is 8.23 Å². The second-order valence-corrected chi connectivity index (χ2v) is 28.0. The van der Waals surface area contributed by atoms with Crippen LogP contribution in [0.5, 0.6) is 0 Å². The van der Waals surface area contributed by atoms with Gasteiger partial charge in [0.25, 0.3) is 16.6 Å². The summed E-state index contributed by atoms with van der Waals surface area (Å²) >= 11 is 0. The molecule has 236 valence electrons. The SMILES string of the molecule is CC=C[Si](O[Si](CC)(CC)O[Si](C=C[Si](CC)(CC)CC)(c1ccccc1)c1ccccc1)(c1ccccc1)c1ccccc1. The van der Waals surface area contributed by atoms with Crippen LogP contribution in [0.2, 0.25) is 30.2 Å². The molecule has 0 aromatic heterocycles. The van der Waals surface area contributed by atoms with E-state index in [0.29, 0.717) is 0 Å². The zero-order chi connectivity index (χ0) is 32.2. The molecule has 0 N–H and O–H groups in total. The molecule has 0 amide bonds. The van der Waals surface area contributed by atoms with Gasteiger partial charge in [0, 0.05) is 0 Å². The summed E-state index contributed by atoms with van der Waals surface area (Å²) in [4.78, 5) is 0. The van der Waals surface area contributed by atoms with Crippen LogP contribution >= 0.6 is 0 Å². The maximum absolute atomic E-state index is 8.06. The average molecular weight is 665 g/mol. The Morgan fingerprint density at radius 3 is 1.00 bits per heavy atom. The molecule has 0 spiro atoms. The lowest BCUT2D eigenvalue weighted by atomic mass is 10.4. The Morgan fingerprint density at radius 1 is 0.422 bits per heavy atom. The van der Waals surface area contributed by atoms with Gasteiger partial charge in [-0.25, -0.2) is 0 Å². The Morgan fingerprint density at radius 2 is 0.733 bits per heavy atom. The highest BCUT2D eigenvalue weighted by Gasteiger charge is 2.52. The number of allylic oxidation sites excluding steroid dienone is 1. The first-order chi connectivity index (χ1) is 21.9. The smallest absolute Gasteiger partial charge is 0.318 e. The first kappa shape index (κ1) is 35.0. The van der Waals surface area contributed by atoms with Gasteiger partial charge in [-0.15, -0.1) is 0 Å². The lowest BCUT2D eigenvalue weighted by molar-refractivity contribution is 0.391. The second kappa shape index (κ2) is 16.1. The van der Waals surface area contributed by atoms with Crippen molar-refractivity contribution in [3.63, 3.8) is 0 Å². The largest absolute Gasteiger partial charge is 0.426 e. The number of benzene rings is 4. The molecule has 0 saturated carbocycles. The zero-order valence-corrected chi connectivity index (χ0v) is 32.2. The van der Waals surface area contributed by atoms with E-state index in [1.807, 2.05) is 0 Å². The fraction of sp³-hybridized carbons (Fsp3) is 0.282. The molecule has 6 heteroatoms. The van der Waals surface area contributed by atoms with Crippen molar-refractivity contribution in [1.82, 2.24) is 0 Å². The quantitative estimate of drug-likeness (QED) is 0.112. The predicted octanol–water partition coefficient (Wildman–Crippen LogP) is 8.28. The molecule has 0 fully saturated rings. The summed E-state index contributed by atoms with van der Waals surface area (Å²) in [6.07, 6.45) is 2.19. The van der Waals surface area contributed by atoms with E-state index in [2.05, 4.69) is 186 Å². The third-order valence-electron chi connectivity index (χ3n) is 9.77. The van der Waals surface area contributed by atoms with Gasteiger partial charge in [-0.3, -0.25) is 0 Å². The number of rotatable bonds is 16. The Bertz CT molecular complexity index is 1400. The van der Waals surface area contributed by atoms with E-state index < -0.39 is 33.3 Å². The molecule has 0 heterocycles. The molecule has 0 aliphatic heterocycles. The van der Waals surface area contributed by atoms with Crippen molar-refractivity contribution in [2.75, 3.05) is 0 Å². The van der Waals surface area contributed by atoms with Crippen LogP contribution in [-0.4, -0.2) is 33.3 Å². The lowest BCUT2D eigenvalue weighted by Crippen LogP contribution is -2.71. The van der Waals surface area contributed by atoms with Gasteiger partial charge in [0.1, 0.15) is 0 Å². The van der Waals surface area contributed by atoms with Crippen LogP contribution in [0.1, 0.15) is 41.5 Å². The van der Waals surface area contributed by atoms with Gasteiger partial charge in [-0.2, -0.15) is 0 Å². The maximum atomic E-state index is 8.06. The van der Waals surface area contributed by atoms with E-state index in [4.69, 9.17) is 8.23 Å². The summed E-state index contributed by atoms with van der Waals surface area (Å²) in [7, 11) is -10.2. The molecule has 0 saturated heterocycles. The van der Waals surface area contributed by atoms with E-state index >= 15 is 0 Å². The molecule has 0 unspecified atom stereocenters. The normalized spacial score (nSPS) is 13.1. The van der Waals surface area contributed by atoms with Crippen LogP contribution in [0, 0.1) is 0 Å². The van der Waals surface area contributed by atoms with Crippen LogP contribution in [0.3, 0.4) is 0 Å². The summed E-state index contributed by atoms with van der Waals surface area (Å²) in [6, 6.07) is 49.4. The molecule has 4 aromatic carbocycles. The summed E-state index contributed by atoms with van der Waals surface area (Å²) < 4.78 is 16.0. The standard InChI is InChI=1S/C39H52O2Si4/c1-7-33-44(36-25-17-13-18-26-36,37-27-19-14-20-28-37)40-43(11-5,12-6)41-45(38-29-21-15-22-30-38,39-31-23-16-24-32-39)35-34-42(8-2,9-3)10-4/h7,13-35H,8-12H2,1-6H3.